The number of hydrogen-bond donors (Lipinski definition) is 0. The van der Waals surface area contributed by atoms with Crippen LogP contribution in [0, 0.1) is 0 Å². The number of allylic oxidation sites excluding steroid dienone is 6. The smallest absolute Gasteiger partial charge is 0.0722 e. The van der Waals surface area contributed by atoms with Crippen LogP contribution >= 0.6 is 0 Å². The first kappa shape index (κ1) is 38.4. The van der Waals surface area contributed by atoms with Gasteiger partial charge in [0.1, 0.15) is 0 Å². The molecule has 1 aliphatic rings. The van der Waals surface area contributed by atoms with E-state index in [1.165, 1.54) is 88.1 Å². The van der Waals surface area contributed by atoms with E-state index in [1.54, 1.807) is 0 Å². The molecule has 3 heteroatoms. The molecule has 0 N–H and O–H groups in total. The molecule has 0 saturated heterocycles. The van der Waals surface area contributed by atoms with Crippen LogP contribution in [0.15, 0.2) is 218 Å². The Balaban J connectivity index is 0.940. The zero-order chi connectivity index (χ0) is 43.3. The monoisotopic (exact) mass is 831 g/mol. The lowest BCUT2D eigenvalue weighted by Gasteiger charge is -2.18. The highest BCUT2D eigenvalue weighted by Crippen LogP contribution is 2.39. The first-order valence-corrected chi connectivity index (χ1v) is 22.6. The topological polar surface area (TPSA) is 22.8 Å². The summed E-state index contributed by atoms with van der Waals surface area (Å²) in [6.07, 6.45) is 19.2. The van der Waals surface area contributed by atoms with Gasteiger partial charge in [-0.25, -0.2) is 4.98 Å². The van der Waals surface area contributed by atoms with Gasteiger partial charge < -0.3 is 9.13 Å². The number of hydrogen-bond acceptors (Lipinski definition) is 1. The fourth-order valence-corrected chi connectivity index (χ4v) is 10.1. The van der Waals surface area contributed by atoms with Gasteiger partial charge in [0.25, 0.3) is 0 Å². The third-order valence-corrected chi connectivity index (χ3v) is 13.1. The summed E-state index contributed by atoms with van der Waals surface area (Å²) in [6, 6.07) is 66.6. The molecule has 308 valence electrons. The number of rotatable bonds is 8. The van der Waals surface area contributed by atoms with Gasteiger partial charge in [-0.3, -0.25) is 0 Å². The summed E-state index contributed by atoms with van der Waals surface area (Å²) in [4.78, 5) is 5.22. The minimum atomic E-state index is 0.957. The van der Waals surface area contributed by atoms with Crippen LogP contribution in [0.1, 0.15) is 30.2 Å². The molecule has 0 spiro atoms. The Hall–Kier alpha value is -8.27. The highest BCUT2D eigenvalue weighted by Gasteiger charge is 2.21. The number of pyridine rings is 1. The van der Waals surface area contributed by atoms with Crippen molar-refractivity contribution in [3.63, 3.8) is 0 Å². The minimum Gasteiger partial charge on any atom is -0.313 e. The lowest BCUT2D eigenvalue weighted by Crippen LogP contribution is -2.05. The average molecular weight is 832 g/mol. The van der Waals surface area contributed by atoms with Gasteiger partial charge in [0, 0.05) is 49.7 Å². The van der Waals surface area contributed by atoms with Crippen LogP contribution in [0.3, 0.4) is 0 Å². The Kier molecular flexibility index (Phi) is 9.53. The predicted molar refractivity (Wildman–Crippen MR) is 277 cm³/mol. The van der Waals surface area contributed by atoms with Crippen molar-refractivity contribution in [2.75, 3.05) is 0 Å². The van der Waals surface area contributed by atoms with Crippen LogP contribution in [0.2, 0.25) is 0 Å². The van der Waals surface area contributed by atoms with Gasteiger partial charge in [0.05, 0.1) is 27.8 Å². The third kappa shape index (κ3) is 6.72. The molecule has 11 aromatic rings. The van der Waals surface area contributed by atoms with Crippen molar-refractivity contribution in [1.29, 1.82) is 0 Å². The van der Waals surface area contributed by atoms with Gasteiger partial charge in [-0.1, -0.05) is 182 Å². The summed E-state index contributed by atoms with van der Waals surface area (Å²) in [5.41, 5.74) is 17.5. The summed E-state index contributed by atoms with van der Waals surface area (Å²) < 4.78 is 4.96. The largest absolute Gasteiger partial charge is 0.313 e. The number of aromatic nitrogens is 3. The summed E-state index contributed by atoms with van der Waals surface area (Å²) in [6.45, 7) is 2.03. The van der Waals surface area contributed by atoms with Gasteiger partial charge in [-0.05, 0) is 107 Å². The Morgan fingerprint density at radius 1 is 0.477 bits per heavy atom. The third-order valence-electron chi connectivity index (χ3n) is 13.1. The molecule has 3 aromatic heterocycles. The summed E-state index contributed by atoms with van der Waals surface area (Å²) in [5, 5.41) is 7.41. The Labute approximate surface area is 378 Å². The number of benzene rings is 8. The first-order chi connectivity index (χ1) is 32.2. The normalized spacial score (nSPS) is 12.9. The van der Waals surface area contributed by atoms with Crippen molar-refractivity contribution in [1.82, 2.24) is 14.1 Å². The molecule has 12 rings (SSSR count). The van der Waals surface area contributed by atoms with E-state index in [1.807, 2.05) is 19.1 Å². The van der Waals surface area contributed by atoms with E-state index in [0.29, 0.717) is 0 Å². The van der Waals surface area contributed by atoms with Crippen molar-refractivity contribution in [2.24, 2.45) is 0 Å². The van der Waals surface area contributed by atoms with Gasteiger partial charge in [-0.15, -0.1) is 0 Å². The van der Waals surface area contributed by atoms with E-state index in [2.05, 4.69) is 228 Å². The SMILES string of the molecule is C\C=C/C=C\C=C\c1cc(-c2ccc(-c3ccc(-c4cc(-n5c6c(c7ccccc75)C=CCC6)cc(-n5c6ccccc6c6ccccc65)c4)cc3)cc2)nc2ccc3ccccc3c12. The van der Waals surface area contributed by atoms with Crippen LogP contribution in [0.4, 0.5) is 0 Å². The molecular weight excluding hydrogens is 787 g/mol. The summed E-state index contributed by atoms with van der Waals surface area (Å²) >= 11 is 0. The zero-order valence-electron chi connectivity index (χ0n) is 36.2. The Morgan fingerprint density at radius 2 is 1.05 bits per heavy atom. The van der Waals surface area contributed by atoms with Crippen LogP contribution in [0.5, 0.6) is 0 Å². The van der Waals surface area contributed by atoms with Crippen LogP contribution < -0.4 is 0 Å². The second-order valence-electron chi connectivity index (χ2n) is 17.0. The van der Waals surface area contributed by atoms with Crippen molar-refractivity contribution >= 4 is 66.5 Å². The number of fused-ring (bicyclic) bond motifs is 9. The molecule has 0 unspecified atom stereocenters. The van der Waals surface area contributed by atoms with Crippen LogP contribution in [-0.2, 0) is 6.42 Å². The minimum absolute atomic E-state index is 0.957. The zero-order valence-corrected chi connectivity index (χ0v) is 36.2. The van der Waals surface area contributed by atoms with Crippen LogP contribution in [-0.4, -0.2) is 14.1 Å². The molecule has 0 atom stereocenters. The maximum atomic E-state index is 5.22. The van der Waals surface area contributed by atoms with Gasteiger partial charge in [0.2, 0.25) is 0 Å². The summed E-state index contributed by atoms with van der Waals surface area (Å²) in [7, 11) is 0. The highest BCUT2D eigenvalue weighted by atomic mass is 15.0. The second kappa shape index (κ2) is 16.1. The molecule has 0 amide bonds. The standard InChI is InChI=1S/C62H45N3/c1-2-3-4-5-6-18-47-40-57(63-56-37-36-45-17-7-8-19-51(45)62(47)56)46-34-32-43(33-35-46)42-28-30-44(31-29-42)48-38-49(64-58-24-13-9-20-52(58)53-21-10-14-25-59(53)64)41-50(39-48)65-60-26-15-11-22-54(60)55-23-12-16-27-61(55)65/h2-15,17-26,28-41H,16,27H2,1H3/b3-2-,5-4-,18-6+. The summed E-state index contributed by atoms with van der Waals surface area (Å²) in [5.74, 6) is 0. The van der Waals surface area contributed by atoms with E-state index >= 15 is 0 Å². The molecule has 3 heterocycles. The fraction of sp³-hybridized carbons (Fsp3) is 0.0484. The quantitative estimate of drug-likeness (QED) is 0.110. The van der Waals surface area contributed by atoms with Gasteiger partial charge in [-0.2, -0.15) is 0 Å². The Bertz CT molecular complexity index is 3700. The molecular formula is C62H45N3. The fourth-order valence-electron chi connectivity index (χ4n) is 10.1. The van der Waals surface area contributed by atoms with Gasteiger partial charge >= 0.3 is 0 Å². The van der Waals surface area contributed by atoms with Crippen LogP contribution in [0.25, 0.3) is 111 Å². The molecule has 0 aliphatic heterocycles. The molecule has 0 fully saturated rings. The number of nitrogens with zero attached hydrogens (tertiary/aromatic N) is 3. The first-order valence-electron chi connectivity index (χ1n) is 22.6. The molecule has 0 saturated carbocycles. The van der Waals surface area contributed by atoms with E-state index in [4.69, 9.17) is 4.98 Å². The predicted octanol–water partition coefficient (Wildman–Crippen LogP) is 16.5. The molecule has 1 aliphatic carbocycles. The Morgan fingerprint density at radius 3 is 1.74 bits per heavy atom. The van der Waals surface area contributed by atoms with E-state index in [0.717, 1.165) is 40.9 Å². The van der Waals surface area contributed by atoms with Gasteiger partial charge in [0.15, 0.2) is 0 Å². The van der Waals surface area contributed by atoms with E-state index in [-0.39, 0.29) is 0 Å². The molecule has 0 radical (unpaired) electrons. The highest BCUT2D eigenvalue weighted by molar-refractivity contribution is 6.11. The lowest BCUT2D eigenvalue weighted by molar-refractivity contribution is 0.888. The molecule has 3 nitrogen and oxygen atoms in total. The van der Waals surface area contributed by atoms with Crippen molar-refractivity contribution in [2.45, 2.75) is 19.8 Å². The molecule has 0 bridgehead atoms. The maximum absolute atomic E-state index is 5.22. The number of para-hydroxylation sites is 3. The van der Waals surface area contributed by atoms with Crippen molar-refractivity contribution in [3.05, 3.63) is 235 Å². The lowest BCUT2D eigenvalue weighted by atomic mass is 9.96. The maximum Gasteiger partial charge on any atom is 0.0722 e. The van der Waals surface area contributed by atoms with E-state index in [9.17, 15) is 0 Å². The molecule has 65 heavy (non-hydrogen) atoms. The van der Waals surface area contributed by atoms with Crippen molar-refractivity contribution < 1.29 is 0 Å². The second-order valence-corrected chi connectivity index (χ2v) is 17.0. The average Bonchev–Trinajstić information content (AvgIpc) is 3.89. The molecule has 8 aromatic carbocycles. The van der Waals surface area contributed by atoms with Crippen molar-refractivity contribution in [3.8, 4) is 44.9 Å². The van der Waals surface area contributed by atoms with E-state index < -0.39 is 0 Å².